The topological polar surface area (TPSA) is 60.0 Å². The molecule has 174 valence electrons. The van der Waals surface area contributed by atoms with Crippen molar-refractivity contribution in [2.45, 2.75) is 44.9 Å². The molecule has 1 aliphatic rings. The van der Waals surface area contributed by atoms with Crippen molar-refractivity contribution in [3.05, 3.63) is 53.6 Å². The lowest BCUT2D eigenvalue weighted by atomic mass is 10.0. The van der Waals surface area contributed by atoms with Crippen LogP contribution in [0.15, 0.2) is 42.5 Å². The average molecular weight is 449 g/mol. The maximum Gasteiger partial charge on any atom is 0.387 e. The normalized spacial score (nSPS) is 17.0. The number of nitrogens with one attached hydrogen (secondary N) is 1. The highest BCUT2D eigenvalue weighted by Gasteiger charge is 2.24. The predicted molar refractivity (Wildman–Crippen MR) is 117 cm³/mol. The largest absolute Gasteiger partial charge is 0.497 e. The number of nitrogens with zero attached hydrogens (tertiary/aromatic N) is 1. The molecule has 3 rings (SSSR count). The van der Waals surface area contributed by atoms with Gasteiger partial charge in [-0.3, -0.25) is 9.69 Å². The fraction of sp³-hybridized carbons (Fsp3) is 0.458. The number of methoxy groups -OCH3 is 2. The van der Waals surface area contributed by atoms with Crippen molar-refractivity contribution in [2.24, 2.45) is 0 Å². The van der Waals surface area contributed by atoms with Crippen LogP contribution in [0.5, 0.6) is 17.2 Å². The number of halogens is 2. The van der Waals surface area contributed by atoms with Crippen molar-refractivity contribution in [2.75, 3.05) is 27.3 Å². The highest BCUT2D eigenvalue weighted by molar-refractivity contribution is 5.78. The molecule has 2 aromatic rings. The van der Waals surface area contributed by atoms with Crippen LogP contribution in [-0.2, 0) is 11.3 Å². The molecule has 1 saturated heterocycles. The van der Waals surface area contributed by atoms with Crippen molar-refractivity contribution in [1.82, 2.24) is 10.2 Å². The second-order valence-electron chi connectivity index (χ2n) is 7.75. The molecule has 1 amide bonds. The minimum Gasteiger partial charge on any atom is -0.497 e. The zero-order chi connectivity index (χ0) is 22.9. The number of hydrogen-bond acceptors (Lipinski definition) is 5. The van der Waals surface area contributed by atoms with Crippen molar-refractivity contribution < 1.29 is 27.8 Å². The summed E-state index contributed by atoms with van der Waals surface area (Å²) in [7, 11) is 3.03. The van der Waals surface area contributed by atoms with Crippen molar-refractivity contribution in [3.8, 4) is 17.2 Å². The number of carbonyl (C=O) groups excluding carboxylic acids is 1. The van der Waals surface area contributed by atoms with E-state index in [4.69, 9.17) is 9.47 Å². The molecule has 8 heteroatoms. The van der Waals surface area contributed by atoms with Gasteiger partial charge in [0.1, 0.15) is 5.75 Å². The number of likely N-dealkylation sites (tertiary alicyclic amines) is 1. The molecule has 0 saturated carbocycles. The van der Waals surface area contributed by atoms with Gasteiger partial charge in [0.05, 0.1) is 20.8 Å². The average Bonchev–Trinajstić information content (AvgIpc) is 3.03. The summed E-state index contributed by atoms with van der Waals surface area (Å²) >= 11 is 0. The van der Waals surface area contributed by atoms with Crippen LogP contribution < -0.4 is 19.5 Å². The van der Waals surface area contributed by atoms with Gasteiger partial charge < -0.3 is 19.5 Å². The fourth-order valence-electron chi connectivity index (χ4n) is 4.02. The molecule has 1 aliphatic heterocycles. The Kier molecular flexibility index (Phi) is 8.67. The van der Waals surface area contributed by atoms with E-state index in [-0.39, 0.29) is 30.0 Å². The van der Waals surface area contributed by atoms with E-state index < -0.39 is 6.61 Å². The second kappa shape index (κ2) is 11.7. The summed E-state index contributed by atoms with van der Waals surface area (Å²) in [6.45, 7) is -1.51. The molecule has 0 bridgehead atoms. The van der Waals surface area contributed by atoms with Gasteiger partial charge in [0.15, 0.2) is 11.5 Å². The van der Waals surface area contributed by atoms with Crippen LogP contribution in [0, 0.1) is 0 Å². The van der Waals surface area contributed by atoms with Crippen LogP contribution in [0.25, 0.3) is 0 Å². The third kappa shape index (κ3) is 6.56. The summed E-state index contributed by atoms with van der Waals surface area (Å²) in [4.78, 5) is 14.9. The van der Waals surface area contributed by atoms with E-state index in [0.29, 0.717) is 6.54 Å². The second-order valence-corrected chi connectivity index (χ2v) is 7.75. The molecule has 1 fully saturated rings. The highest BCUT2D eigenvalue weighted by atomic mass is 19.3. The first-order valence-corrected chi connectivity index (χ1v) is 10.8. The van der Waals surface area contributed by atoms with E-state index in [1.807, 2.05) is 12.1 Å². The Morgan fingerprint density at radius 3 is 2.53 bits per heavy atom. The molecule has 0 aliphatic carbocycles. The van der Waals surface area contributed by atoms with Crippen LogP contribution in [0.1, 0.15) is 42.9 Å². The zero-order valence-corrected chi connectivity index (χ0v) is 18.5. The van der Waals surface area contributed by atoms with Crippen LogP contribution >= 0.6 is 0 Å². The summed E-state index contributed by atoms with van der Waals surface area (Å²) in [5, 5.41) is 2.92. The molecule has 0 aromatic heterocycles. The van der Waals surface area contributed by atoms with E-state index in [9.17, 15) is 13.6 Å². The Morgan fingerprint density at radius 2 is 1.84 bits per heavy atom. The highest BCUT2D eigenvalue weighted by Crippen LogP contribution is 2.31. The van der Waals surface area contributed by atoms with Gasteiger partial charge in [0.2, 0.25) is 5.91 Å². The summed E-state index contributed by atoms with van der Waals surface area (Å²) in [6, 6.07) is 12.8. The van der Waals surface area contributed by atoms with E-state index in [2.05, 4.69) is 27.1 Å². The molecule has 0 spiro atoms. The minimum atomic E-state index is -2.93. The first-order valence-electron chi connectivity index (χ1n) is 10.8. The Hall–Kier alpha value is -2.87. The van der Waals surface area contributed by atoms with Gasteiger partial charge in [-0.05, 0) is 54.8 Å². The van der Waals surface area contributed by atoms with Crippen LogP contribution in [0.3, 0.4) is 0 Å². The summed E-state index contributed by atoms with van der Waals surface area (Å²) in [6.07, 6.45) is 4.34. The van der Waals surface area contributed by atoms with Gasteiger partial charge in [0, 0.05) is 12.6 Å². The van der Waals surface area contributed by atoms with Crippen LogP contribution in [0.4, 0.5) is 8.78 Å². The third-order valence-corrected chi connectivity index (χ3v) is 5.64. The van der Waals surface area contributed by atoms with Crippen molar-refractivity contribution >= 4 is 5.91 Å². The molecule has 1 N–H and O–H groups in total. The maximum absolute atomic E-state index is 12.7. The number of amides is 1. The predicted octanol–water partition coefficient (Wildman–Crippen LogP) is 4.54. The zero-order valence-electron chi connectivity index (χ0n) is 18.5. The van der Waals surface area contributed by atoms with E-state index in [0.717, 1.165) is 43.5 Å². The molecular formula is C24H30F2N2O4. The lowest BCUT2D eigenvalue weighted by molar-refractivity contribution is -0.123. The van der Waals surface area contributed by atoms with Crippen LogP contribution in [0.2, 0.25) is 0 Å². The molecule has 2 aromatic carbocycles. The first kappa shape index (κ1) is 23.8. The van der Waals surface area contributed by atoms with Gasteiger partial charge in [-0.15, -0.1) is 0 Å². The number of carbonyl (C=O) groups is 1. The van der Waals surface area contributed by atoms with Gasteiger partial charge in [-0.2, -0.15) is 8.78 Å². The fourth-order valence-corrected chi connectivity index (χ4v) is 4.02. The monoisotopic (exact) mass is 448 g/mol. The summed E-state index contributed by atoms with van der Waals surface area (Å²) < 4.78 is 39.8. The first-order chi connectivity index (χ1) is 15.5. The number of ether oxygens (including phenoxy) is 3. The van der Waals surface area contributed by atoms with Gasteiger partial charge in [-0.25, -0.2) is 0 Å². The van der Waals surface area contributed by atoms with Gasteiger partial charge in [-0.1, -0.05) is 31.0 Å². The molecule has 32 heavy (non-hydrogen) atoms. The van der Waals surface area contributed by atoms with Crippen molar-refractivity contribution in [3.63, 3.8) is 0 Å². The molecular weight excluding hydrogens is 418 g/mol. The number of alkyl halides is 2. The third-order valence-electron chi connectivity index (χ3n) is 5.64. The van der Waals surface area contributed by atoms with Crippen molar-refractivity contribution in [1.29, 1.82) is 0 Å². The smallest absolute Gasteiger partial charge is 0.387 e. The maximum atomic E-state index is 12.7. The standard InChI is InChI=1S/C24H30F2N2O4/c1-30-19-10-8-18(9-11-19)20-6-4-3-5-13-28(20)16-23(29)27-15-17-7-12-21(32-24(25)26)22(14-17)31-2/h7-12,14,20,24H,3-6,13,15-16H2,1-2H3,(H,27,29)/t20-/m0/s1. The Labute approximate surface area is 187 Å². The van der Waals surface area contributed by atoms with E-state index >= 15 is 0 Å². The van der Waals surface area contributed by atoms with Crippen LogP contribution in [-0.4, -0.2) is 44.7 Å². The van der Waals surface area contributed by atoms with Gasteiger partial charge >= 0.3 is 6.61 Å². The Morgan fingerprint density at radius 1 is 1.06 bits per heavy atom. The molecule has 1 atom stereocenters. The summed E-state index contributed by atoms with van der Waals surface area (Å²) in [5.74, 6) is 0.887. The SMILES string of the molecule is COc1ccc([C@@H]2CCCCCN2CC(=O)NCc2ccc(OC(F)F)c(OC)c2)cc1. The van der Waals surface area contributed by atoms with Gasteiger partial charge in [0.25, 0.3) is 0 Å². The molecule has 6 nitrogen and oxygen atoms in total. The summed E-state index contributed by atoms with van der Waals surface area (Å²) in [5.41, 5.74) is 1.92. The number of hydrogen-bond donors (Lipinski definition) is 1. The molecule has 0 unspecified atom stereocenters. The Balaban J connectivity index is 1.61. The van der Waals surface area contributed by atoms with E-state index in [1.54, 1.807) is 19.2 Å². The molecule has 0 radical (unpaired) electrons. The quantitative estimate of drug-likeness (QED) is 0.610. The Bertz CT molecular complexity index is 877. The lowest BCUT2D eigenvalue weighted by Gasteiger charge is -2.30. The number of rotatable bonds is 9. The molecule has 1 heterocycles. The van der Waals surface area contributed by atoms with E-state index in [1.165, 1.54) is 18.7 Å². The minimum absolute atomic E-state index is 0.0375. The number of benzene rings is 2. The lowest BCUT2D eigenvalue weighted by Crippen LogP contribution is -2.39.